The molecule has 1 aromatic rings. The number of hydrogen-bond donors (Lipinski definition) is 2. The Morgan fingerprint density at radius 1 is 0.694 bits per heavy atom. The van der Waals surface area contributed by atoms with Crippen molar-refractivity contribution in [1.29, 1.82) is 0 Å². The van der Waals surface area contributed by atoms with E-state index in [-0.39, 0.29) is 22.6 Å². The van der Waals surface area contributed by atoms with Gasteiger partial charge in [0, 0.05) is 18.0 Å². The molecule has 5 nitrogen and oxygen atoms in total. The molecule has 5 heteroatoms. The normalized spacial score (nSPS) is 49.8. The summed E-state index contributed by atoms with van der Waals surface area (Å²) in [7, 11) is 0. The molecule has 2 N–H and O–H groups in total. The van der Waals surface area contributed by atoms with Gasteiger partial charge in [0.05, 0.1) is 10.8 Å². The van der Waals surface area contributed by atoms with Crippen molar-refractivity contribution in [2.24, 2.45) is 44.3 Å². The van der Waals surface area contributed by atoms with Crippen LogP contribution < -0.4 is 10.6 Å². The van der Waals surface area contributed by atoms with Gasteiger partial charge < -0.3 is 10.6 Å². The van der Waals surface area contributed by atoms with Crippen molar-refractivity contribution >= 4 is 23.3 Å². The summed E-state index contributed by atoms with van der Waals surface area (Å²) in [5.41, 5.74) is 1.41. The molecule has 8 bridgehead atoms. The summed E-state index contributed by atoms with van der Waals surface area (Å²) in [5, 5.41) is 6.46. The summed E-state index contributed by atoms with van der Waals surface area (Å²) < 4.78 is 0. The smallest absolute Gasteiger partial charge is 0.231 e. The van der Waals surface area contributed by atoms with E-state index in [0.717, 1.165) is 44.2 Å². The number of nitrogens with zero attached hydrogens (tertiary/aromatic N) is 1. The van der Waals surface area contributed by atoms with Crippen LogP contribution in [0.2, 0.25) is 0 Å². The van der Waals surface area contributed by atoms with Crippen LogP contribution in [0.1, 0.15) is 105 Å². The molecular weight excluding hydrogens is 446 g/mol. The molecule has 1 heterocycles. The van der Waals surface area contributed by atoms with Gasteiger partial charge in [-0.25, -0.2) is 4.98 Å². The van der Waals surface area contributed by atoms with Gasteiger partial charge in [-0.15, -0.1) is 0 Å². The molecule has 0 spiro atoms. The summed E-state index contributed by atoms with van der Waals surface area (Å²) in [4.78, 5) is 32.0. The molecule has 4 atom stereocenters. The molecule has 0 radical (unpaired) electrons. The van der Waals surface area contributed by atoms with Crippen molar-refractivity contribution in [2.45, 2.75) is 105 Å². The first-order chi connectivity index (χ1) is 16.8. The third-order valence-corrected chi connectivity index (χ3v) is 11.5. The third kappa shape index (κ3) is 3.50. The highest BCUT2D eigenvalue weighted by Gasteiger charge is 2.64. The van der Waals surface area contributed by atoms with Crippen LogP contribution in [0.5, 0.6) is 0 Å². The number of hydrogen-bond acceptors (Lipinski definition) is 3. The van der Waals surface area contributed by atoms with Gasteiger partial charge in [0.15, 0.2) is 0 Å². The molecule has 0 saturated heterocycles. The standard InChI is InChI=1S/C31H43N3O2/c1-26-8-20-9-27(2,14-26)17-30(12-20,16-26)24(35)33-22-5-6-32-23(7-22)34-25(36)31-13-21-10-28(3,18-31)15-29(4,11-21)19-31/h5-7,20-21H,8-19H2,1-4H3,(H2,32,33,34,35,36). The van der Waals surface area contributed by atoms with E-state index in [9.17, 15) is 9.59 Å². The molecule has 8 saturated carbocycles. The maximum Gasteiger partial charge on any atom is 0.231 e. The number of nitrogens with one attached hydrogen (secondary N) is 2. The Morgan fingerprint density at radius 3 is 1.58 bits per heavy atom. The topological polar surface area (TPSA) is 71.1 Å². The maximum atomic E-state index is 13.8. The van der Waals surface area contributed by atoms with Gasteiger partial charge in [-0.05, 0) is 117 Å². The van der Waals surface area contributed by atoms with Crippen LogP contribution in [0.15, 0.2) is 18.3 Å². The van der Waals surface area contributed by atoms with Gasteiger partial charge in [0.2, 0.25) is 11.8 Å². The van der Waals surface area contributed by atoms with E-state index in [4.69, 9.17) is 0 Å². The van der Waals surface area contributed by atoms with E-state index in [1.54, 1.807) is 6.20 Å². The largest absolute Gasteiger partial charge is 0.325 e. The number of aromatic nitrogens is 1. The zero-order valence-corrected chi connectivity index (χ0v) is 22.6. The van der Waals surface area contributed by atoms with E-state index in [0.29, 0.717) is 39.3 Å². The average Bonchev–Trinajstić information content (AvgIpc) is 2.68. The van der Waals surface area contributed by atoms with Crippen molar-refractivity contribution in [1.82, 2.24) is 4.98 Å². The SMILES string of the molecule is CC12CC3CC(C)(C1)CC(C(=O)Nc1ccnc(NC(=O)C45CC6CC(C)(CC(C)(C6)C4)C5)c1)(C3)C2. The molecule has 0 aromatic carbocycles. The molecule has 36 heavy (non-hydrogen) atoms. The lowest BCUT2D eigenvalue weighted by Gasteiger charge is -2.64. The second kappa shape index (κ2) is 6.94. The number of amides is 2. The van der Waals surface area contributed by atoms with E-state index in [1.165, 1.54) is 38.5 Å². The van der Waals surface area contributed by atoms with Gasteiger partial charge >= 0.3 is 0 Å². The molecule has 9 rings (SSSR count). The molecule has 8 aliphatic carbocycles. The second-order valence-corrected chi connectivity index (χ2v) is 16.2. The van der Waals surface area contributed by atoms with Gasteiger partial charge in [0.1, 0.15) is 5.82 Å². The molecule has 1 aromatic heterocycles. The minimum absolute atomic E-state index is 0.141. The number of anilines is 2. The highest BCUT2D eigenvalue weighted by atomic mass is 16.2. The molecule has 8 aliphatic rings. The van der Waals surface area contributed by atoms with Gasteiger partial charge in [0.25, 0.3) is 0 Å². The molecule has 194 valence electrons. The van der Waals surface area contributed by atoms with Crippen LogP contribution in [0.25, 0.3) is 0 Å². The molecule has 4 unspecified atom stereocenters. The quantitative estimate of drug-likeness (QED) is 0.481. The van der Waals surface area contributed by atoms with Gasteiger partial charge in [-0.3, -0.25) is 9.59 Å². The summed E-state index contributed by atoms with van der Waals surface area (Å²) in [6.07, 6.45) is 15.4. The van der Waals surface area contributed by atoms with Crippen molar-refractivity contribution in [3.05, 3.63) is 18.3 Å². The van der Waals surface area contributed by atoms with Gasteiger partial charge in [-0.2, -0.15) is 0 Å². The first-order valence-electron chi connectivity index (χ1n) is 14.4. The molecule has 2 amide bonds. The lowest BCUT2D eigenvalue weighted by atomic mass is 9.40. The third-order valence-electron chi connectivity index (χ3n) is 11.5. The Balaban J connectivity index is 1.09. The van der Waals surface area contributed by atoms with E-state index >= 15 is 0 Å². The van der Waals surface area contributed by atoms with Crippen LogP contribution in [-0.4, -0.2) is 16.8 Å². The Hall–Kier alpha value is -1.91. The Bertz CT molecular complexity index is 1040. The van der Waals surface area contributed by atoms with E-state index in [2.05, 4.69) is 43.3 Å². The fourth-order valence-corrected chi connectivity index (χ4v) is 12.5. The maximum absolute atomic E-state index is 13.8. The zero-order valence-electron chi connectivity index (χ0n) is 22.6. The minimum Gasteiger partial charge on any atom is -0.325 e. The predicted molar refractivity (Wildman–Crippen MR) is 141 cm³/mol. The predicted octanol–water partition coefficient (Wildman–Crippen LogP) is 6.95. The van der Waals surface area contributed by atoms with Crippen LogP contribution in [0.4, 0.5) is 11.5 Å². The number of carbonyl (C=O) groups is 2. The lowest BCUT2D eigenvalue weighted by molar-refractivity contribution is -0.165. The van der Waals surface area contributed by atoms with Gasteiger partial charge in [-0.1, -0.05) is 27.7 Å². The second-order valence-electron chi connectivity index (χ2n) is 16.2. The van der Waals surface area contributed by atoms with Crippen LogP contribution in [0.3, 0.4) is 0 Å². The Kier molecular flexibility index (Phi) is 4.47. The lowest BCUT2D eigenvalue weighted by Crippen LogP contribution is -2.58. The fourth-order valence-electron chi connectivity index (χ4n) is 12.5. The molecular formula is C31H43N3O2. The molecule has 8 fully saturated rings. The van der Waals surface area contributed by atoms with E-state index < -0.39 is 0 Å². The average molecular weight is 490 g/mol. The van der Waals surface area contributed by atoms with Crippen molar-refractivity contribution in [2.75, 3.05) is 10.6 Å². The van der Waals surface area contributed by atoms with Crippen molar-refractivity contribution in [3.63, 3.8) is 0 Å². The first-order valence-corrected chi connectivity index (χ1v) is 14.4. The monoisotopic (exact) mass is 489 g/mol. The van der Waals surface area contributed by atoms with Crippen molar-refractivity contribution in [3.8, 4) is 0 Å². The molecule has 0 aliphatic heterocycles. The summed E-state index contributed by atoms with van der Waals surface area (Å²) in [5.74, 6) is 2.23. The minimum atomic E-state index is -0.270. The summed E-state index contributed by atoms with van der Waals surface area (Å²) in [6, 6.07) is 3.73. The summed E-state index contributed by atoms with van der Waals surface area (Å²) in [6.45, 7) is 9.61. The van der Waals surface area contributed by atoms with Crippen LogP contribution in [-0.2, 0) is 9.59 Å². The Labute approximate surface area is 216 Å². The zero-order chi connectivity index (χ0) is 25.2. The van der Waals surface area contributed by atoms with Crippen LogP contribution >= 0.6 is 0 Å². The highest BCUT2D eigenvalue weighted by molar-refractivity contribution is 5.98. The highest BCUT2D eigenvalue weighted by Crippen LogP contribution is 2.71. The Morgan fingerprint density at radius 2 is 1.14 bits per heavy atom. The number of rotatable bonds is 4. The summed E-state index contributed by atoms with van der Waals surface area (Å²) >= 11 is 0. The fraction of sp³-hybridized carbons (Fsp3) is 0.774. The number of pyridine rings is 1. The van der Waals surface area contributed by atoms with Crippen LogP contribution in [0, 0.1) is 44.3 Å². The first kappa shape index (κ1) is 23.2. The van der Waals surface area contributed by atoms with Crippen molar-refractivity contribution < 1.29 is 9.59 Å². The van der Waals surface area contributed by atoms with E-state index in [1.807, 2.05) is 12.1 Å². The number of carbonyl (C=O) groups excluding carboxylic acids is 2.